The minimum Gasteiger partial charge on any atom is -0.478 e. The van der Waals surface area contributed by atoms with Crippen molar-refractivity contribution in [2.75, 3.05) is 0 Å². The van der Waals surface area contributed by atoms with Gasteiger partial charge in [0.25, 0.3) is 0 Å². The van der Waals surface area contributed by atoms with Gasteiger partial charge in [0, 0.05) is 11.6 Å². The maximum atomic E-state index is 12.3. The molecule has 2 unspecified atom stereocenters. The van der Waals surface area contributed by atoms with Crippen molar-refractivity contribution in [2.24, 2.45) is 0 Å². The summed E-state index contributed by atoms with van der Waals surface area (Å²) in [5, 5.41) is 8.79. The molecule has 4 nitrogen and oxygen atoms in total. The Labute approximate surface area is 94.7 Å². The number of nitrogens with zero attached hydrogens (tertiary/aromatic N) is 1. The van der Waals surface area contributed by atoms with Crippen LogP contribution in [0.1, 0.15) is 19.3 Å². The third-order valence-electron chi connectivity index (χ3n) is 3.15. The summed E-state index contributed by atoms with van der Waals surface area (Å²) in [5.74, 6) is -2.99. The zero-order chi connectivity index (χ0) is 12.8. The van der Waals surface area contributed by atoms with E-state index in [4.69, 9.17) is 5.11 Å². The Morgan fingerprint density at radius 3 is 2.47 bits per heavy atom. The lowest BCUT2D eigenvalue weighted by atomic mass is 10.0. The monoisotopic (exact) mass is 249 g/mol. The summed E-state index contributed by atoms with van der Waals surface area (Å²) in [7, 11) is 0. The standard InChI is InChI=1S/C10H10F3NO3/c11-10(12,13)9(17)14-6-1-2-7(14)4-5(3-6)8(15)16/h3,6-7H,1-2,4H2,(H,15,16). The summed E-state index contributed by atoms with van der Waals surface area (Å²) >= 11 is 0. The molecule has 0 aromatic carbocycles. The van der Waals surface area contributed by atoms with Crippen molar-refractivity contribution < 1.29 is 27.9 Å². The van der Waals surface area contributed by atoms with E-state index in [2.05, 4.69) is 0 Å². The SMILES string of the molecule is O=C(O)C1=CC2CCC(C1)N2C(=O)C(F)(F)F. The smallest absolute Gasteiger partial charge is 0.471 e. The highest BCUT2D eigenvalue weighted by atomic mass is 19.4. The van der Waals surface area contributed by atoms with Crippen molar-refractivity contribution in [3.05, 3.63) is 11.6 Å². The zero-order valence-corrected chi connectivity index (χ0v) is 8.70. The van der Waals surface area contributed by atoms with Crippen LogP contribution in [-0.2, 0) is 9.59 Å². The normalized spacial score (nSPS) is 27.9. The van der Waals surface area contributed by atoms with Gasteiger partial charge in [-0.1, -0.05) is 6.08 Å². The molecule has 2 aliphatic rings. The lowest BCUT2D eigenvalue weighted by Gasteiger charge is -2.33. The van der Waals surface area contributed by atoms with Crippen LogP contribution in [0.5, 0.6) is 0 Å². The molecule has 0 aromatic heterocycles. The molecule has 0 aliphatic carbocycles. The number of alkyl halides is 3. The van der Waals surface area contributed by atoms with E-state index in [-0.39, 0.29) is 12.0 Å². The summed E-state index contributed by atoms with van der Waals surface area (Å²) in [5.41, 5.74) is 0.101. The molecule has 1 fully saturated rings. The Kier molecular flexibility index (Phi) is 2.63. The Bertz CT molecular complexity index is 402. The summed E-state index contributed by atoms with van der Waals surface area (Å²) in [6, 6.07) is -1.36. The van der Waals surface area contributed by atoms with Crippen molar-refractivity contribution in [2.45, 2.75) is 37.5 Å². The van der Waals surface area contributed by atoms with Gasteiger partial charge in [0.2, 0.25) is 0 Å². The zero-order valence-electron chi connectivity index (χ0n) is 8.70. The van der Waals surface area contributed by atoms with Crippen molar-refractivity contribution >= 4 is 11.9 Å². The van der Waals surface area contributed by atoms with Gasteiger partial charge in [-0.15, -0.1) is 0 Å². The maximum absolute atomic E-state index is 12.3. The number of hydrogen-bond donors (Lipinski definition) is 1. The third-order valence-corrected chi connectivity index (χ3v) is 3.15. The number of carbonyl (C=O) groups excluding carboxylic acids is 1. The first-order valence-electron chi connectivity index (χ1n) is 5.14. The van der Waals surface area contributed by atoms with Crippen LogP contribution in [0.15, 0.2) is 11.6 Å². The first kappa shape index (κ1) is 11.9. The van der Waals surface area contributed by atoms with Crippen molar-refractivity contribution in [3.63, 3.8) is 0 Å². The molecule has 2 atom stereocenters. The molecule has 0 radical (unpaired) electrons. The van der Waals surface area contributed by atoms with Crippen LogP contribution >= 0.6 is 0 Å². The Balaban J connectivity index is 2.25. The molecular weight excluding hydrogens is 239 g/mol. The lowest BCUT2D eigenvalue weighted by molar-refractivity contribution is -0.188. The predicted molar refractivity (Wildman–Crippen MR) is 50.0 cm³/mol. The molecule has 1 saturated heterocycles. The number of aliphatic carboxylic acids is 1. The van der Waals surface area contributed by atoms with Crippen LogP contribution < -0.4 is 0 Å². The van der Waals surface area contributed by atoms with E-state index in [0.29, 0.717) is 12.8 Å². The van der Waals surface area contributed by atoms with Gasteiger partial charge in [-0.2, -0.15) is 13.2 Å². The van der Waals surface area contributed by atoms with Crippen LogP contribution in [0.3, 0.4) is 0 Å². The van der Waals surface area contributed by atoms with E-state index >= 15 is 0 Å². The van der Waals surface area contributed by atoms with E-state index in [1.54, 1.807) is 0 Å². The van der Waals surface area contributed by atoms with Crippen LogP contribution in [-0.4, -0.2) is 40.1 Å². The minimum atomic E-state index is -4.89. The van der Waals surface area contributed by atoms with Crippen LogP contribution in [0.4, 0.5) is 13.2 Å². The summed E-state index contributed by atoms with van der Waals surface area (Å²) in [6.07, 6.45) is -2.83. The van der Waals surface area contributed by atoms with E-state index in [0.717, 1.165) is 4.90 Å². The molecular formula is C10H10F3NO3. The predicted octanol–water partition coefficient (Wildman–Crippen LogP) is 1.32. The molecule has 0 saturated carbocycles. The summed E-state index contributed by atoms with van der Waals surface area (Å²) in [4.78, 5) is 22.7. The highest BCUT2D eigenvalue weighted by molar-refractivity contribution is 5.89. The van der Waals surface area contributed by atoms with E-state index < -0.39 is 30.1 Å². The first-order valence-corrected chi connectivity index (χ1v) is 5.14. The molecule has 2 aliphatic heterocycles. The molecule has 1 N–H and O–H groups in total. The molecule has 0 aromatic rings. The molecule has 1 amide bonds. The topological polar surface area (TPSA) is 57.6 Å². The average Bonchev–Trinajstić information content (AvgIpc) is 2.45. The second-order valence-corrected chi connectivity index (χ2v) is 4.21. The first-order chi connectivity index (χ1) is 7.80. The van der Waals surface area contributed by atoms with Crippen LogP contribution in [0.2, 0.25) is 0 Å². The second-order valence-electron chi connectivity index (χ2n) is 4.21. The fourth-order valence-corrected chi connectivity index (χ4v) is 2.45. The molecule has 17 heavy (non-hydrogen) atoms. The number of carbonyl (C=O) groups is 2. The summed E-state index contributed by atoms with van der Waals surface area (Å²) in [6.45, 7) is 0. The number of carboxylic acid groups (broad SMARTS) is 1. The second kappa shape index (κ2) is 3.75. The Morgan fingerprint density at radius 2 is 2.00 bits per heavy atom. The lowest BCUT2D eigenvalue weighted by Crippen LogP contribution is -2.49. The van der Waals surface area contributed by atoms with Gasteiger partial charge in [-0.05, 0) is 19.3 Å². The van der Waals surface area contributed by atoms with Gasteiger partial charge in [0.05, 0.1) is 6.04 Å². The fraction of sp³-hybridized carbons (Fsp3) is 0.600. The van der Waals surface area contributed by atoms with Gasteiger partial charge in [-0.25, -0.2) is 4.79 Å². The molecule has 0 spiro atoms. The number of amides is 1. The van der Waals surface area contributed by atoms with Gasteiger partial charge in [-0.3, -0.25) is 4.79 Å². The quantitative estimate of drug-likeness (QED) is 0.762. The Hall–Kier alpha value is -1.53. The van der Waals surface area contributed by atoms with E-state index in [1.165, 1.54) is 6.08 Å². The van der Waals surface area contributed by atoms with Gasteiger partial charge < -0.3 is 10.0 Å². The summed E-state index contributed by atoms with van der Waals surface area (Å²) < 4.78 is 37.0. The Morgan fingerprint density at radius 1 is 1.35 bits per heavy atom. The van der Waals surface area contributed by atoms with Gasteiger partial charge in [0.1, 0.15) is 0 Å². The van der Waals surface area contributed by atoms with Crippen LogP contribution in [0, 0.1) is 0 Å². The van der Waals surface area contributed by atoms with E-state index in [1.807, 2.05) is 0 Å². The largest absolute Gasteiger partial charge is 0.478 e. The highest BCUT2D eigenvalue weighted by Crippen LogP contribution is 2.37. The molecule has 7 heteroatoms. The van der Waals surface area contributed by atoms with E-state index in [9.17, 15) is 22.8 Å². The number of hydrogen-bond acceptors (Lipinski definition) is 2. The molecule has 2 bridgehead atoms. The molecule has 2 heterocycles. The molecule has 2 rings (SSSR count). The number of fused-ring (bicyclic) bond motifs is 2. The highest BCUT2D eigenvalue weighted by Gasteiger charge is 2.50. The van der Waals surface area contributed by atoms with Crippen molar-refractivity contribution in [3.8, 4) is 0 Å². The minimum absolute atomic E-state index is 0.00630. The number of carboxylic acids is 1. The third kappa shape index (κ3) is 2.01. The van der Waals surface area contributed by atoms with Crippen LogP contribution in [0.25, 0.3) is 0 Å². The fourth-order valence-electron chi connectivity index (χ4n) is 2.45. The number of halogens is 3. The van der Waals surface area contributed by atoms with Gasteiger partial charge >= 0.3 is 18.1 Å². The van der Waals surface area contributed by atoms with Gasteiger partial charge in [0.15, 0.2) is 0 Å². The molecule has 94 valence electrons. The van der Waals surface area contributed by atoms with Crippen molar-refractivity contribution in [1.82, 2.24) is 4.90 Å². The maximum Gasteiger partial charge on any atom is 0.471 e. The number of rotatable bonds is 1. The van der Waals surface area contributed by atoms with Crippen molar-refractivity contribution in [1.29, 1.82) is 0 Å². The average molecular weight is 249 g/mol.